The number of rotatable bonds is 7. The molecule has 4 heteroatoms. The first kappa shape index (κ1) is 16.7. The third-order valence-electron chi connectivity index (χ3n) is 5.62. The van der Waals surface area contributed by atoms with Crippen molar-refractivity contribution in [2.75, 3.05) is 65.5 Å². The minimum atomic E-state index is 0.492. The fourth-order valence-electron chi connectivity index (χ4n) is 4.13. The maximum atomic E-state index is 6.13. The number of piperidine rings is 2. The largest absolute Gasteiger partial charge is 0.376 e. The lowest BCUT2D eigenvalue weighted by Gasteiger charge is -2.28. The van der Waals surface area contributed by atoms with E-state index in [9.17, 15) is 0 Å². The van der Waals surface area contributed by atoms with Crippen LogP contribution in [0.1, 0.15) is 44.9 Å². The van der Waals surface area contributed by atoms with Crippen LogP contribution in [0.5, 0.6) is 0 Å². The van der Waals surface area contributed by atoms with E-state index in [0.29, 0.717) is 6.10 Å². The van der Waals surface area contributed by atoms with E-state index in [1.807, 2.05) is 0 Å². The highest BCUT2D eigenvalue weighted by Crippen LogP contribution is 2.14. The topological polar surface area (TPSA) is 19.0 Å². The van der Waals surface area contributed by atoms with Gasteiger partial charge in [0.05, 0.1) is 12.7 Å². The van der Waals surface area contributed by atoms with Gasteiger partial charge in [-0.2, -0.15) is 0 Å². The van der Waals surface area contributed by atoms with E-state index in [1.54, 1.807) is 0 Å². The van der Waals surface area contributed by atoms with Crippen LogP contribution in [0.25, 0.3) is 0 Å². The molecule has 0 amide bonds. The van der Waals surface area contributed by atoms with Gasteiger partial charge in [-0.1, -0.05) is 12.8 Å². The fourth-order valence-corrected chi connectivity index (χ4v) is 4.13. The van der Waals surface area contributed by atoms with Crippen molar-refractivity contribution in [2.45, 2.75) is 51.0 Å². The summed E-state index contributed by atoms with van der Waals surface area (Å²) in [5.41, 5.74) is 0. The highest BCUT2D eigenvalue weighted by Gasteiger charge is 2.23. The van der Waals surface area contributed by atoms with Crippen molar-refractivity contribution in [3.05, 3.63) is 0 Å². The summed E-state index contributed by atoms with van der Waals surface area (Å²) in [6.07, 6.45) is 10.2. The average molecular weight is 309 g/mol. The van der Waals surface area contributed by atoms with Crippen LogP contribution in [0, 0.1) is 0 Å². The normalized spacial score (nSPS) is 29.2. The number of ether oxygens (including phenoxy) is 1. The zero-order valence-electron chi connectivity index (χ0n) is 14.3. The van der Waals surface area contributed by atoms with E-state index >= 15 is 0 Å². The summed E-state index contributed by atoms with van der Waals surface area (Å²) in [5, 5.41) is 0. The van der Waals surface area contributed by atoms with Crippen LogP contribution in [-0.2, 0) is 4.74 Å². The van der Waals surface area contributed by atoms with Crippen molar-refractivity contribution in [2.24, 2.45) is 0 Å². The molecule has 4 nitrogen and oxygen atoms in total. The van der Waals surface area contributed by atoms with Gasteiger partial charge < -0.3 is 14.5 Å². The summed E-state index contributed by atoms with van der Waals surface area (Å²) in [6, 6.07) is 0. The van der Waals surface area contributed by atoms with Crippen molar-refractivity contribution in [3.63, 3.8) is 0 Å². The summed E-state index contributed by atoms with van der Waals surface area (Å²) in [4.78, 5) is 7.83. The Morgan fingerprint density at radius 2 is 1.23 bits per heavy atom. The van der Waals surface area contributed by atoms with Gasteiger partial charge in [0.15, 0.2) is 0 Å². The lowest BCUT2D eigenvalue weighted by molar-refractivity contribution is 0.0390. The highest BCUT2D eigenvalue weighted by molar-refractivity contribution is 4.78. The maximum Gasteiger partial charge on any atom is 0.0714 e. The van der Waals surface area contributed by atoms with Gasteiger partial charge in [-0.25, -0.2) is 0 Å². The lowest BCUT2D eigenvalue weighted by Crippen LogP contribution is -2.37. The Labute approximate surface area is 136 Å². The fraction of sp³-hybridized carbons (Fsp3) is 1.00. The van der Waals surface area contributed by atoms with E-state index in [1.165, 1.54) is 90.8 Å². The molecule has 128 valence electrons. The highest BCUT2D eigenvalue weighted by atomic mass is 16.5. The smallest absolute Gasteiger partial charge is 0.0714 e. The zero-order valence-corrected chi connectivity index (χ0v) is 14.3. The van der Waals surface area contributed by atoms with Crippen LogP contribution >= 0.6 is 0 Å². The van der Waals surface area contributed by atoms with Gasteiger partial charge in [-0.05, 0) is 58.3 Å². The molecule has 0 saturated carbocycles. The molecular formula is C18H35N3O. The Hall–Kier alpha value is -0.160. The Morgan fingerprint density at radius 1 is 0.636 bits per heavy atom. The molecule has 3 rings (SSSR count). The summed E-state index contributed by atoms with van der Waals surface area (Å²) >= 11 is 0. The van der Waals surface area contributed by atoms with Crippen LogP contribution < -0.4 is 0 Å². The third-order valence-corrected chi connectivity index (χ3v) is 5.62. The molecule has 3 fully saturated rings. The molecule has 3 aliphatic heterocycles. The van der Waals surface area contributed by atoms with Crippen molar-refractivity contribution >= 4 is 0 Å². The van der Waals surface area contributed by atoms with E-state index in [-0.39, 0.29) is 0 Å². The van der Waals surface area contributed by atoms with Gasteiger partial charge in [0, 0.05) is 32.7 Å². The molecule has 0 aromatic carbocycles. The Balaban J connectivity index is 1.24. The molecule has 1 atom stereocenters. The third kappa shape index (κ3) is 5.48. The second kappa shape index (κ2) is 9.21. The van der Waals surface area contributed by atoms with E-state index in [2.05, 4.69) is 14.7 Å². The van der Waals surface area contributed by atoms with Crippen LogP contribution in [0.15, 0.2) is 0 Å². The van der Waals surface area contributed by atoms with Gasteiger partial charge in [0.25, 0.3) is 0 Å². The minimum Gasteiger partial charge on any atom is -0.376 e. The molecule has 0 aromatic rings. The first-order valence-electron chi connectivity index (χ1n) is 9.69. The van der Waals surface area contributed by atoms with Gasteiger partial charge in [-0.3, -0.25) is 4.90 Å². The van der Waals surface area contributed by atoms with Crippen LogP contribution in [0.4, 0.5) is 0 Å². The van der Waals surface area contributed by atoms with E-state index < -0.39 is 0 Å². The molecule has 1 unspecified atom stereocenters. The van der Waals surface area contributed by atoms with Crippen LogP contribution in [0.2, 0.25) is 0 Å². The number of likely N-dealkylation sites (tertiary alicyclic amines) is 3. The molecule has 0 radical (unpaired) electrons. The molecule has 0 bridgehead atoms. The molecule has 22 heavy (non-hydrogen) atoms. The van der Waals surface area contributed by atoms with Crippen molar-refractivity contribution < 1.29 is 4.74 Å². The standard InChI is InChI=1S/C18H35N3O/c1-3-8-19(9-4-1)13-14-21-12-7-18(17-21)22-16-15-20-10-5-2-6-11-20/h18H,1-17H2. The molecule has 3 saturated heterocycles. The van der Waals surface area contributed by atoms with E-state index in [0.717, 1.165) is 19.7 Å². The average Bonchev–Trinajstić information content (AvgIpc) is 3.03. The van der Waals surface area contributed by atoms with Crippen LogP contribution in [0.3, 0.4) is 0 Å². The molecule has 0 spiro atoms. The van der Waals surface area contributed by atoms with Gasteiger partial charge in [-0.15, -0.1) is 0 Å². The summed E-state index contributed by atoms with van der Waals surface area (Å²) in [5.74, 6) is 0. The first-order valence-corrected chi connectivity index (χ1v) is 9.69. The Kier molecular flexibility index (Phi) is 6.99. The summed E-state index contributed by atoms with van der Waals surface area (Å²) < 4.78 is 6.13. The first-order chi connectivity index (χ1) is 10.9. The predicted molar refractivity (Wildman–Crippen MR) is 91.4 cm³/mol. The van der Waals surface area contributed by atoms with Crippen molar-refractivity contribution in [1.29, 1.82) is 0 Å². The zero-order chi connectivity index (χ0) is 15.0. The SMILES string of the molecule is C1CCN(CCOC2CCN(CCN3CCCCC3)C2)CC1. The predicted octanol–water partition coefficient (Wildman–Crippen LogP) is 2.05. The molecule has 3 heterocycles. The summed E-state index contributed by atoms with van der Waals surface area (Å²) in [6.45, 7) is 12.2. The quantitative estimate of drug-likeness (QED) is 0.716. The van der Waals surface area contributed by atoms with E-state index in [4.69, 9.17) is 4.74 Å². The second-order valence-electron chi connectivity index (χ2n) is 7.39. The molecule has 0 aliphatic carbocycles. The number of hydrogen-bond acceptors (Lipinski definition) is 4. The monoisotopic (exact) mass is 309 g/mol. The Morgan fingerprint density at radius 3 is 1.91 bits per heavy atom. The van der Waals surface area contributed by atoms with Gasteiger partial charge in [0.2, 0.25) is 0 Å². The second-order valence-corrected chi connectivity index (χ2v) is 7.39. The molecule has 3 aliphatic rings. The van der Waals surface area contributed by atoms with Gasteiger partial charge in [0.1, 0.15) is 0 Å². The van der Waals surface area contributed by atoms with Crippen molar-refractivity contribution in [1.82, 2.24) is 14.7 Å². The van der Waals surface area contributed by atoms with Crippen molar-refractivity contribution in [3.8, 4) is 0 Å². The maximum absolute atomic E-state index is 6.13. The van der Waals surface area contributed by atoms with Crippen LogP contribution in [-0.4, -0.2) is 86.3 Å². The molecular weight excluding hydrogens is 274 g/mol. The molecule has 0 aromatic heterocycles. The number of hydrogen-bond donors (Lipinski definition) is 0. The van der Waals surface area contributed by atoms with Gasteiger partial charge >= 0.3 is 0 Å². The minimum absolute atomic E-state index is 0.492. The Bertz CT molecular complexity index is 301. The summed E-state index contributed by atoms with van der Waals surface area (Å²) in [7, 11) is 0. The number of nitrogens with zero attached hydrogens (tertiary/aromatic N) is 3. The molecule has 0 N–H and O–H groups in total. The lowest BCUT2D eigenvalue weighted by atomic mass is 10.1.